The third-order valence-electron chi connectivity index (χ3n) is 6.65. The maximum absolute atomic E-state index is 12.3. The third kappa shape index (κ3) is 3.00. The summed E-state index contributed by atoms with van der Waals surface area (Å²) in [6.45, 7) is 2.41. The van der Waals surface area contributed by atoms with E-state index in [4.69, 9.17) is 15.2 Å². The number of hydrogen-bond acceptors (Lipinski definition) is 7. The number of nitrogens with two attached hydrogens (primary N) is 1. The quantitative estimate of drug-likeness (QED) is 0.673. The molecule has 4 atom stereocenters. The maximum atomic E-state index is 12.3. The number of carbonyl (C=O) groups excluding carboxylic acids is 1. The lowest BCUT2D eigenvalue weighted by Crippen LogP contribution is -2.29. The molecule has 2 aliphatic heterocycles. The topological polar surface area (TPSA) is 108 Å². The summed E-state index contributed by atoms with van der Waals surface area (Å²) in [5.74, 6) is 0.775. The fraction of sp³-hybridized carbons (Fsp3) is 0.364. The van der Waals surface area contributed by atoms with Crippen LogP contribution in [0, 0.1) is 11.8 Å². The van der Waals surface area contributed by atoms with E-state index in [0.717, 1.165) is 35.7 Å². The molecular formula is C22H22N6O3. The summed E-state index contributed by atoms with van der Waals surface area (Å²) >= 11 is 0. The maximum Gasteiger partial charge on any atom is 0.414 e. The average Bonchev–Trinajstić information content (AvgIpc) is 3.36. The van der Waals surface area contributed by atoms with Crippen molar-refractivity contribution < 1.29 is 14.3 Å². The van der Waals surface area contributed by atoms with Gasteiger partial charge in [0.2, 0.25) is 0 Å². The van der Waals surface area contributed by atoms with Crippen LogP contribution in [-0.4, -0.2) is 51.9 Å². The molecule has 6 rings (SSSR count). The van der Waals surface area contributed by atoms with Gasteiger partial charge in [0.25, 0.3) is 0 Å². The highest BCUT2D eigenvalue weighted by Gasteiger charge is 2.66. The van der Waals surface area contributed by atoms with E-state index >= 15 is 0 Å². The second-order valence-corrected chi connectivity index (χ2v) is 8.40. The van der Waals surface area contributed by atoms with Crippen molar-refractivity contribution in [3.63, 3.8) is 0 Å². The molecule has 4 heterocycles. The van der Waals surface area contributed by atoms with Crippen LogP contribution < -0.4 is 10.6 Å². The van der Waals surface area contributed by atoms with Crippen LogP contribution in [0.25, 0.3) is 11.1 Å². The standard InChI is InChI=1S/C22H22N6O3/c23-22(18-12-30-13-19(18)22)20-6-3-15(9-24-20)14-1-4-16(5-2-14)28-11-17(31-21(28)29)10-27-8-7-25-26-27/h1-9,17-19H,10-13,23H2/t17-,18-,19+,22-/m0/s1. The Bertz CT molecular complexity index is 1090. The summed E-state index contributed by atoms with van der Waals surface area (Å²) in [4.78, 5) is 18.6. The molecule has 1 aromatic carbocycles. The third-order valence-corrected chi connectivity index (χ3v) is 6.65. The molecule has 0 bridgehead atoms. The van der Waals surface area contributed by atoms with Crippen LogP contribution in [0.1, 0.15) is 5.69 Å². The van der Waals surface area contributed by atoms with Gasteiger partial charge in [-0.2, -0.15) is 0 Å². The molecule has 3 aliphatic rings. The number of pyridine rings is 1. The molecule has 1 saturated carbocycles. The Labute approximate surface area is 178 Å². The van der Waals surface area contributed by atoms with Gasteiger partial charge in [-0.3, -0.25) is 9.88 Å². The summed E-state index contributed by atoms with van der Waals surface area (Å²) in [6, 6.07) is 11.9. The molecule has 158 valence electrons. The molecule has 2 aromatic heterocycles. The molecule has 2 N–H and O–H groups in total. The van der Waals surface area contributed by atoms with Crippen LogP contribution in [0.5, 0.6) is 0 Å². The first kappa shape index (κ1) is 18.5. The highest BCUT2D eigenvalue weighted by atomic mass is 16.6. The van der Waals surface area contributed by atoms with E-state index in [1.807, 2.05) is 36.5 Å². The van der Waals surface area contributed by atoms with Crippen molar-refractivity contribution in [3.8, 4) is 11.1 Å². The minimum Gasteiger partial charge on any atom is -0.442 e. The zero-order valence-corrected chi connectivity index (χ0v) is 16.8. The molecule has 9 nitrogen and oxygen atoms in total. The molecule has 1 amide bonds. The Kier molecular flexibility index (Phi) is 4.09. The Morgan fingerprint density at radius 1 is 1.10 bits per heavy atom. The van der Waals surface area contributed by atoms with Crippen molar-refractivity contribution in [1.29, 1.82) is 0 Å². The minimum atomic E-state index is -0.351. The molecule has 0 spiro atoms. The smallest absolute Gasteiger partial charge is 0.414 e. The van der Waals surface area contributed by atoms with Crippen molar-refractivity contribution >= 4 is 11.8 Å². The summed E-state index contributed by atoms with van der Waals surface area (Å²) in [7, 11) is 0. The number of fused-ring (bicyclic) bond motifs is 1. The fourth-order valence-corrected chi connectivity index (χ4v) is 4.79. The van der Waals surface area contributed by atoms with Gasteiger partial charge in [-0.15, -0.1) is 5.10 Å². The second-order valence-electron chi connectivity index (χ2n) is 8.40. The largest absolute Gasteiger partial charge is 0.442 e. The number of aromatic nitrogens is 4. The number of rotatable bonds is 5. The second kappa shape index (κ2) is 6.86. The van der Waals surface area contributed by atoms with Gasteiger partial charge in [0, 0.05) is 35.5 Å². The van der Waals surface area contributed by atoms with E-state index in [2.05, 4.69) is 21.4 Å². The van der Waals surface area contributed by atoms with Gasteiger partial charge >= 0.3 is 6.09 Å². The highest BCUT2D eigenvalue weighted by Crippen LogP contribution is 2.58. The van der Waals surface area contributed by atoms with Gasteiger partial charge in [-0.25, -0.2) is 9.48 Å². The van der Waals surface area contributed by atoms with Crippen molar-refractivity contribution in [1.82, 2.24) is 20.0 Å². The van der Waals surface area contributed by atoms with Crippen molar-refractivity contribution in [3.05, 3.63) is 60.7 Å². The summed E-state index contributed by atoms with van der Waals surface area (Å²) in [6.07, 6.45) is 4.61. The highest BCUT2D eigenvalue weighted by molar-refractivity contribution is 5.90. The number of ether oxygens (including phenoxy) is 2. The van der Waals surface area contributed by atoms with E-state index in [1.54, 1.807) is 22.0 Å². The molecule has 3 fully saturated rings. The lowest BCUT2D eigenvalue weighted by atomic mass is 10.0. The fourth-order valence-electron chi connectivity index (χ4n) is 4.79. The van der Waals surface area contributed by atoms with Crippen LogP contribution in [0.4, 0.5) is 10.5 Å². The van der Waals surface area contributed by atoms with E-state index < -0.39 is 0 Å². The monoisotopic (exact) mass is 418 g/mol. The average molecular weight is 418 g/mol. The number of anilines is 1. The molecule has 1 aliphatic carbocycles. The Morgan fingerprint density at radius 3 is 2.55 bits per heavy atom. The number of hydrogen-bond donors (Lipinski definition) is 1. The van der Waals surface area contributed by atoms with Crippen LogP contribution in [0.3, 0.4) is 0 Å². The first-order valence-electron chi connectivity index (χ1n) is 10.4. The zero-order valence-electron chi connectivity index (χ0n) is 16.8. The number of carbonyl (C=O) groups is 1. The van der Waals surface area contributed by atoms with Gasteiger partial charge in [-0.1, -0.05) is 23.4 Å². The Balaban J connectivity index is 1.15. The number of amides is 1. The van der Waals surface area contributed by atoms with Gasteiger partial charge in [0.1, 0.15) is 6.10 Å². The van der Waals surface area contributed by atoms with Gasteiger partial charge in [0.15, 0.2) is 0 Å². The molecule has 0 radical (unpaired) electrons. The van der Waals surface area contributed by atoms with Crippen molar-refractivity contribution in [2.24, 2.45) is 17.6 Å². The van der Waals surface area contributed by atoms with Gasteiger partial charge in [0.05, 0.1) is 43.7 Å². The zero-order chi connectivity index (χ0) is 21.0. The van der Waals surface area contributed by atoms with Gasteiger partial charge < -0.3 is 15.2 Å². The van der Waals surface area contributed by atoms with E-state index in [-0.39, 0.29) is 17.7 Å². The molecule has 9 heteroatoms. The van der Waals surface area contributed by atoms with E-state index in [9.17, 15) is 4.79 Å². The van der Waals surface area contributed by atoms with Crippen LogP contribution in [0.15, 0.2) is 55.0 Å². The van der Waals surface area contributed by atoms with E-state index in [1.165, 1.54) is 0 Å². The summed E-state index contributed by atoms with van der Waals surface area (Å²) in [5.41, 5.74) is 10.00. The van der Waals surface area contributed by atoms with Crippen LogP contribution in [0.2, 0.25) is 0 Å². The summed E-state index contributed by atoms with van der Waals surface area (Å²) in [5, 5.41) is 7.70. The SMILES string of the molecule is N[C@]1(c2ccc(-c3ccc(N4C[C@H](Cn5ccnn5)OC4=O)cc3)cn2)[C@@H]2COC[C@@H]21. The number of nitrogens with zero attached hydrogens (tertiary/aromatic N) is 5. The van der Waals surface area contributed by atoms with Crippen molar-refractivity contribution in [2.45, 2.75) is 18.2 Å². The molecular weight excluding hydrogens is 396 g/mol. The molecule has 3 aromatic rings. The van der Waals surface area contributed by atoms with Crippen LogP contribution in [-0.2, 0) is 21.6 Å². The predicted octanol–water partition coefficient (Wildman–Crippen LogP) is 1.80. The molecule has 31 heavy (non-hydrogen) atoms. The Morgan fingerprint density at radius 2 is 1.87 bits per heavy atom. The Hall–Kier alpha value is -3.30. The lowest BCUT2D eigenvalue weighted by Gasteiger charge is -2.16. The first-order chi connectivity index (χ1) is 15.1. The van der Waals surface area contributed by atoms with E-state index in [0.29, 0.717) is 24.9 Å². The van der Waals surface area contributed by atoms with Crippen molar-refractivity contribution in [2.75, 3.05) is 24.7 Å². The first-order valence-corrected chi connectivity index (χ1v) is 10.4. The minimum absolute atomic E-state index is 0.262. The number of benzene rings is 1. The number of cyclic esters (lactones) is 1. The summed E-state index contributed by atoms with van der Waals surface area (Å²) < 4.78 is 12.6. The predicted molar refractivity (Wildman–Crippen MR) is 111 cm³/mol. The van der Waals surface area contributed by atoms with Gasteiger partial charge in [-0.05, 0) is 23.8 Å². The lowest BCUT2D eigenvalue weighted by molar-refractivity contribution is 0.129. The molecule has 2 saturated heterocycles. The normalized spacial score (nSPS) is 29.1. The molecule has 0 unspecified atom stereocenters. The van der Waals surface area contributed by atoms with Crippen LogP contribution >= 0.6 is 0 Å².